The Balaban J connectivity index is 1.21. The number of carbonyl (C=O) groups excluding carboxylic acids is 1. The zero-order valence-electron chi connectivity index (χ0n) is 20.6. The molecule has 192 valence electrons. The second-order valence-electron chi connectivity index (χ2n) is 9.02. The summed E-state index contributed by atoms with van der Waals surface area (Å²) in [5.41, 5.74) is 3.63. The van der Waals surface area contributed by atoms with Crippen LogP contribution in [0, 0.1) is 17.0 Å². The fourth-order valence-electron chi connectivity index (χ4n) is 4.59. The van der Waals surface area contributed by atoms with Crippen molar-refractivity contribution in [1.29, 1.82) is 0 Å². The van der Waals surface area contributed by atoms with Crippen molar-refractivity contribution >= 4 is 39.8 Å². The quantitative estimate of drug-likeness (QED) is 0.211. The minimum Gasteiger partial charge on any atom is -0.368 e. The van der Waals surface area contributed by atoms with Crippen molar-refractivity contribution in [3.05, 3.63) is 57.2 Å². The minimum atomic E-state index is -0.406. The number of aryl methyl sites for hydroxylation is 2. The lowest BCUT2D eigenvalue weighted by Crippen LogP contribution is -2.49. The van der Waals surface area contributed by atoms with Crippen LogP contribution < -0.4 is 5.32 Å². The van der Waals surface area contributed by atoms with Gasteiger partial charge in [0.2, 0.25) is 0 Å². The molecule has 5 rings (SSSR count). The van der Waals surface area contributed by atoms with Crippen molar-refractivity contribution in [2.45, 2.75) is 13.3 Å². The molecule has 0 spiro atoms. The Morgan fingerprint density at radius 2 is 1.97 bits per heavy atom. The second-order valence-corrected chi connectivity index (χ2v) is 9.63. The second kappa shape index (κ2) is 10.6. The first-order chi connectivity index (χ1) is 17.9. The van der Waals surface area contributed by atoms with E-state index in [4.69, 9.17) is 0 Å². The van der Waals surface area contributed by atoms with Gasteiger partial charge < -0.3 is 14.8 Å². The Morgan fingerprint density at radius 3 is 2.70 bits per heavy atom. The molecule has 0 aliphatic carbocycles. The number of hydrogen-bond donors (Lipinski definition) is 1. The zero-order chi connectivity index (χ0) is 25.9. The lowest BCUT2D eigenvalue weighted by Gasteiger charge is -2.34. The molecule has 13 heteroatoms. The number of rotatable bonds is 8. The highest BCUT2D eigenvalue weighted by Crippen LogP contribution is 2.33. The Hall–Kier alpha value is -3.97. The summed E-state index contributed by atoms with van der Waals surface area (Å²) in [5.74, 6) is 0.643. The van der Waals surface area contributed by atoms with Crippen LogP contribution in [0.2, 0.25) is 0 Å². The van der Waals surface area contributed by atoms with Gasteiger partial charge in [-0.1, -0.05) is 16.6 Å². The molecule has 3 aromatic heterocycles. The van der Waals surface area contributed by atoms with Gasteiger partial charge in [-0.05, 0) is 37.5 Å². The van der Waals surface area contributed by atoms with E-state index in [0.717, 1.165) is 49.2 Å². The summed E-state index contributed by atoms with van der Waals surface area (Å²) in [6.45, 7) is 6.64. The Morgan fingerprint density at radius 1 is 1.16 bits per heavy atom. The largest absolute Gasteiger partial charge is 0.368 e. The van der Waals surface area contributed by atoms with E-state index in [-0.39, 0.29) is 11.6 Å². The molecule has 1 aromatic carbocycles. The van der Waals surface area contributed by atoms with Gasteiger partial charge >= 0.3 is 0 Å². The highest BCUT2D eigenvalue weighted by molar-refractivity contribution is 7.03. The third-order valence-corrected chi connectivity index (χ3v) is 7.22. The van der Waals surface area contributed by atoms with Crippen molar-refractivity contribution < 1.29 is 9.72 Å². The molecule has 1 saturated heterocycles. The molecule has 1 amide bonds. The van der Waals surface area contributed by atoms with Gasteiger partial charge in [-0.15, -0.1) is 15.3 Å². The molecule has 1 aliphatic rings. The third-order valence-electron chi connectivity index (χ3n) is 6.71. The summed E-state index contributed by atoms with van der Waals surface area (Å²) < 4.78 is 5.81. The van der Waals surface area contributed by atoms with Gasteiger partial charge in [-0.2, -0.15) is 0 Å². The number of fused-ring (bicyclic) bond motifs is 1. The molecule has 0 saturated carbocycles. The molecule has 4 heterocycles. The maximum absolute atomic E-state index is 12.4. The highest BCUT2D eigenvalue weighted by atomic mass is 32.1. The van der Waals surface area contributed by atoms with Crippen LogP contribution in [0.3, 0.4) is 0 Å². The third kappa shape index (κ3) is 5.13. The Labute approximate surface area is 217 Å². The van der Waals surface area contributed by atoms with Gasteiger partial charge in [-0.3, -0.25) is 19.8 Å². The lowest BCUT2D eigenvalue weighted by atomic mass is 10.1. The van der Waals surface area contributed by atoms with Crippen LogP contribution in [0.15, 0.2) is 35.7 Å². The molecular formula is C24H27N9O3S. The number of benzene rings is 1. The van der Waals surface area contributed by atoms with Gasteiger partial charge in [0, 0.05) is 73.9 Å². The summed E-state index contributed by atoms with van der Waals surface area (Å²) in [5, 5.41) is 30.1. The van der Waals surface area contributed by atoms with Crippen molar-refractivity contribution in [2.75, 3.05) is 44.6 Å². The summed E-state index contributed by atoms with van der Waals surface area (Å²) in [7, 11) is 1.96. The van der Waals surface area contributed by atoms with E-state index >= 15 is 0 Å². The van der Waals surface area contributed by atoms with Gasteiger partial charge in [0.15, 0.2) is 11.5 Å². The van der Waals surface area contributed by atoms with E-state index in [9.17, 15) is 14.9 Å². The number of aromatic nitrogens is 5. The predicted octanol–water partition coefficient (Wildman–Crippen LogP) is 2.96. The molecule has 4 aromatic rings. The van der Waals surface area contributed by atoms with Crippen LogP contribution in [-0.4, -0.2) is 84.3 Å². The van der Waals surface area contributed by atoms with E-state index in [1.165, 1.54) is 23.7 Å². The average molecular weight is 522 g/mol. The summed E-state index contributed by atoms with van der Waals surface area (Å²) in [6, 6.07) is 8.53. The number of hydrogen-bond acceptors (Lipinski definition) is 10. The van der Waals surface area contributed by atoms with E-state index in [1.54, 1.807) is 11.4 Å². The standard InChI is InChI=1S/C24H27N9O3S/c1-16-13-19-22(30(16)2)21(17-5-3-6-18(14-17)33(35)36)27-28-23(19)25-7-4-8-31-9-11-32(12-10-31)24(34)20-15-37-29-26-20/h3,5-6,13-15H,4,7-12H2,1-2H3,(H,25,28). The van der Waals surface area contributed by atoms with Gasteiger partial charge in [0.1, 0.15) is 5.69 Å². The van der Waals surface area contributed by atoms with Crippen molar-refractivity contribution in [3.8, 4) is 11.3 Å². The Bertz CT molecular complexity index is 1430. The van der Waals surface area contributed by atoms with Crippen LogP contribution in [-0.2, 0) is 7.05 Å². The maximum Gasteiger partial charge on any atom is 0.275 e. The SMILES string of the molecule is Cc1cc2c(NCCCN3CCN(C(=O)c4csnn4)CC3)nnc(-c3cccc([N+](=O)[O-])c3)c2n1C. The van der Waals surface area contributed by atoms with E-state index < -0.39 is 4.92 Å². The molecule has 1 fully saturated rings. The first-order valence-electron chi connectivity index (χ1n) is 12.0. The fraction of sp³-hybridized carbons (Fsp3) is 0.375. The van der Waals surface area contributed by atoms with Crippen molar-refractivity contribution in [1.82, 2.24) is 34.2 Å². The van der Waals surface area contributed by atoms with Crippen LogP contribution in [0.1, 0.15) is 22.6 Å². The number of anilines is 1. The molecule has 0 unspecified atom stereocenters. The molecule has 0 radical (unpaired) electrons. The van der Waals surface area contributed by atoms with Crippen LogP contribution in [0.4, 0.5) is 11.5 Å². The maximum atomic E-state index is 12.4. The molecule has 1 N–H and O–H groups in total. The summed E-state index contributed by atoms with van der Waals surface area (Å²) in [6.07, 6.45) is 0.908. The number of nitro groups is 1. The number of non-ortho nitro benzene ring substituents is 1. The normalized spacial score (nSPS) is 14.3. The molecule has 0 atom stereocenters. The van der Waals surface area contributed by atoms with E-state index in [2.05, 4.69) is 36.1 Å². The zero-order valence-corrected chi connectivity index (χ0v) is 21.4. The van der Waals surface area contributed by atoms with E-state index in [1.807, 2.05) is 29.5 Å². The van der Waals surface area contributed by atoms with E-state index in [0.29, 0.717) is 35.9 Å². The smallest absolute Gasteiger partial charge is 0.275 e. The van der Waals surface area contributed by atoms with Crippen LogP contribution in [0.25, 0.3) is 22.2 Å². The highest BCUT2D eigenvalue weighted by Gasteiger charge is 2.23. The van der Waals surface area contributed by atoms with Crippen LogP contribution >= 0.6 is 11.5 Å². The Kier molecular flexibility index (Phi) is 7.06. The number of nitro benzene ring substituents is 1. The first kappa shape index (κ1) is 24.7. The fourth-order valence-corrected chi connectivity index (χ4v) is 5.02. The lowest BCUT2D eigenvalue weighted by molar-refractivity contribution is -0.384. The molecule has 1 aliphatic heterocycles. The molecule has 37 heavy (non-hydrogen) atoms. The summed E-state index contributed by atoms with van der Waals surface area (Å²) >= 11 is 1.19. The average Bonchev–Trinajstić information content (AvgIpc) is 3.55. The number of amides is 1. The molecular weight excluding hydrogens is 494 g/mol. The first-order valence-corrected chi connectivity index (χ1v) is 12.9. The molecule has 12 nitrogen and oxygen atoms in total. The minimum absolute atomic E-state index is 0.0194. The molecule has 0 bridgehead atoms. The number of nitrogens with one attached hydrogen (secondary N) is 1. The van der Waals surface area contributed by atoms with Gasteiger partial charge in [-0.25, -0.2) is 0 Å². The monoisotopic (exact) mass is 521 g/mol. The topological polar surface area (TPSA) is 135 Å². The van der Waals surface area contributed by atoms with Crippen molar-refractivity contribution in [2.24, 2.45) is 7.05 Å². The van der Waals surface area contributed by atoms with Crippen LogP contribution in [0.5, 0.6) is 0 Å². The number of nitrogens with zero attached hydrogens (tertiary/aromatic N) is 8. The summed E-state index contributed by atoms with van der Waals surface area (Å²) in [4.78, 5) is 27.5. The number of piperazine rings is 1. The van der Waals surface area contributed by atoms with Gasteiger partial charge in [0.25, 0.3) is 11.6 Å². The predicted molar refractivity (Wildman–Crippen MR) is 141 cm³/mol. The van der Waals surface area contributed by atoms with Crippen molar-refractivity contribution in [3.63, 3.8) is 0 Å². The number of carbonyl (C=O) groups is 1. The van der Waals surface area contributed by atoms with Gasteiger partial charge in [0.05, 0.1) is 10.4 Å².